The van der Waals surface area contributed by atoms with Gasteiger partial charge in [0.05, 0.1) is 16.6 Å². The Kier molecular flexibility index (Phi) is 6.07. The number of carbonyl (C=O) groups is 1. The van der Waals surface area contributed by atoms with Gasteiger partial charge >= 0.3 is 0 Å². The van der Waals surface area contributed by atoms with Gasteiger partial charge in [-0.15, -0.1) is 0 Å². The summed E-state index contributed by atoms with van der Waals surface area (Å²) < 4.78 is 27.0. The molecule has 0 saturated heterocycles. The lowest BCUT2D eigenvalue weighted by Crippen LogP contribution is -2.28. The van der Waals surface area contributed by atoms with Crippen LogP contribution < -0.4 is 9.62 Å². The molecule has 1 amide bonds. The van der Waals surface area contributed by atoms with Gasteiger partial charge in [-0.25, -0.2) is 8.42 Å². The molecule has 166 valence electrons. The summed E-state index contributed by atoms with van der Waals surface area (Å²) >= 11 is 0. The monoisotopic (exact) mass is 448 g/mol. The third-order valence-electron chi connectivity index (χ3n) is 6.14. The summed E-state index contributed by atoms with van der Waals surface area (Å²) in [5.41, 5.74) is 5.87. The van der Waals surface area contributed by atoms with Gasteiger partial charge in [-0.2, -0.15) is 0 Å². The molecule has 0 aliphatic heterocycles. The van der Waals surface area contributed by atoms with E-state index < -0.39 is 10.0 Å². The highest BCUT2D eigenvalue weighted by Crippen LogP contribution is 2.26. The Bertz CT molecular complexity index is 1230. The fraction of sp³-hybridized carbons (Fsp3) is 0.269. The van der Waals surface area contributed by atoms with E-state index in [1.807, 2.05) is 13.8 Å². The first-order valence-electron chi connectivity index (χ1n) is 10.8. The molecule has 0 bridgehead atoms. The molecule has 1 aliphatic rings. The number of nitrogens with zero attached hydrogens (tertiary/aromatic N) is 1. The van der Waals surface area contributed by atoms with Crippen molar-refractivity contribution < 1.29 is 13.2 Å². The molecule has 0 radical (unpaired) electrons. The first-order valence-corrected chi connectivity index (χ1v) is 12.3. The van der Waals surface area contributed by atoms with E-state index >= 15 is 0 Å². The van der Waals surface area contributed by atoms with Gasteiger partial charge in [0.2, 0.25) is 0 Å². The third kappa shape index (κ3) is 4.41. The lowest BCUT2D eigenvalue weighted by molar-refractivity contribution is 0.0940. The Morgan fingerprint density at radius 2 is 1.59 bits per heavy atom. The van der Waals surface area contributed by atoms with Crippen LogP contribution in [0, 0.1) is 6.92 Å². The van der Waals surface area contributed by atoms with Crippen molar-refractivity contribution in [3.63, 3.8) is 0 Å². The van der Waals surface area contributed by atoms with Crippen LogP contribution in [0.3, 0.4) is 0 Å². The van der Waals surface area contributed by atoms with Gasteiger partial charge in [0.15, 0.2) is 0 Å². The molecule has 0 aromatic heterocycles. The van der Waals surface area contributed by atoms with Gasteiger partial charge in [0.1, 0.15) is 0 Å². The van der Waals surface area contributed by atoms with Crippen LogP contribution in [0.4, 0.5) is 5.69 Å². The molecule has 5 nitrogen and oxygen atoms in total. The van der Waals surface area contributed by atoms with Crippen molar-refractivity contribution in [3.05, 3.63) is 94.5 Å². The van der Waals surface area contributed by atoms with Crippen molar-refractivity contribution in [2.45, 2.75) is 44.0 Å². The number of carbonyl (C=O) groups excluding carboxylic acids is 1. The van der Waals surface area contributed by atoms with Gasteiger partial charge in [-0.1, -0.05) is 35.9 Å². The van der Waals surface area contributed by atoms with Gasteiger partial charge < -0.3 is 5.32 Å². The molecule has 32 heavy (non-hydrogen) atoms. The predicted octanol–water partition coefficient (Wildman–Crippen LogP) is 4.80. The Hall–Kier alpha value is -3.12. The van der Waals surface area contributed by atoms with Crippen molar-refractivity contribution in [3.8, 4) is 0 Å². The Balaban J connectivity index is 1.45. The average molecular weight is 449 g/mol. The minimum Gasteiger partial charge on any atom is -0.346 e. The summed E-state index contributed by atoms with van der Waals surface area (Å²) in [5.74, 6) is -0.186. The Morgan fingerprint density at radius 3 is 2.28 bits per heavy atom. The number of nitrogens with one attached hydrogen (secondary N) is 1. The molecule has 6 heteroatoms. The number of rotatable bonds is 6. The van der Waals surface area contributed by atoms with Crippen LogP contribution in [0.2, 0.25) is 0 Å². The normalized spacial score (nSPS) is 14.0. The van der Waals surface area contributed by atoms with Crippen molar-refractivity contribution in [2.24, 2.45) is 0 Å². The standard InChI is InChI=1S/C26H28N2O3S/c1-18-7-15-25(16-8-18)32(30,31)28(3)24-13-11-21(12-14-24)26(29)27-19(2)22-10-9-20-5-4-6-23(20)17-22/h7-17,19H,4-6H2,1-3H3,(H,27,29)/t19-/m0/s1. The lowest BCUT2D eigenvalue weighted by atomic mass is 10.0. The topological polar surface area (TPSA) is 66.5 Å². The first-order chi connectivity index (χ1) is 15.3. The van der Waals surface area contributed by atoms with E-state index in [1.165, 1.54) is 28.9 Å². The Morgan fingerprint density at radius 1 is 0.938 bits per heavy atom. The summed E-state index contributed by atoms with van der Waals surface area (Å²) in [7, 11) is -2.16. The highest BCUT2D eigenvalue weighted by molar-refractivity contribution is 7.92. The molecule has 0 saturated carbocycles. The van der Waals surface area contributed by atoms with Crippen LogP contribution in [0.5, 0.6) is 0 Å². The number of hydrogen-bond acceptors (Lipinski definition) is 3. The number of anilines is 1. The maximum atomic E-state index is 12.9. The van der Waals surface area contributed by atoms with Crippen LogP contribution in [0.15, 0.2) is 71.6 Å². The maximum Gasteiger partial charge on any atom is 0.264 e. The lowest BCUT2D eigenvalue weighted by Gasteiger charge is -2.20. The molecule has 3 aromatic carbocycles. The first kappa shape index (κ1) is 22.1. The summed E-state index contributed by atoms with van der Waals surface area (Å²) in [4.78, 5) is 13.0. The van der Waals surface area contributed by atoms with Crippen LogP contribution in [-0.2, 0) is 22.9 Å². The largest absolute Gasteiger partial charge is 0.346 e. The van der Waals surface area contributed by atoms with E-state index in [9.17, 15) is 13.2 Å². The number of amides is 1. The third-order valence-corrected chi connectivity index (χ3v) is 7.94. The molecule has 0 fully saturated rings. The highest BCUT2D eigenvalue weighted by atomic mass is 32.2. The molecule has 4 rings (SSSR count). The van der Waals surface area contributed by atoms with E-state index in [-0.39, 0.29) is 16.8 Å². The van der Waals surface area contributed by atoms with Crippen molar-refractivity contribution >= 4 is 21.6 Å². The van der Waals surface area contributed by atoms with Gasteiger partial charge in [0, 0.05) is 12.6 Å². The summed E-state index contributed by atoms with van der Waals surface area (Å²) in [6.45, 7) is 3.89. The fourth-order valence-corrected chi connectivity index (χ4v) is 5.25. The van der Waals surface area contributed by atoms with Gasteiger partial charge in [-0.3, -0.25) is 9.10 Å². The summed E-state index contributed by atoms with van der Waals surface area (Å²) in [6.07, 6.45) is 3.43. The Labute approximate surface area is 190 Å². The average Bonchev–Trinajstić information content (AvgIpc) is 3.27. The van der Waals surface area contributed by atoms with E-state index in [0.29, 0.717) is 11.3 Å². The van der Waals surface area contributed by atoms with E-state index in [1.54, 1.807) is 48.5 Å². The quantitative estimate of drug-likeness (QED) is 0.589. The number of benzene rings is 3. The minimum atomic E-state index is -3.67. The van der Waals surface area contributed by atoms with Gasteiger partial charge in [-0.05, 0) is 86.2 Å². The van der Waals surface area contributed by atoms with E-state index in [4.69, 9.17) is 0 Å². The predicted molar refractivity (Wildman–Crippen MR) is 128 cm³/mol. The second-order valence-corrected chi connectivity index (χ2v) is 10.4. The van der Waals surface area contributed by atoms with Crippen molar-refractivity contribution in [1.29, 1.82) is 0 Å². The van der Waals surface area contributed by atoms with E-state index in [0.717, 1.165) is 24.0 Å². The zero-order valence-electron chi connectivity index (χ0n) is 18.6. The number of sulfonamides is 1. The van der Waals surface area contributed by atoms with Crippen LogP contribution in [0.1, 0.15) is 52.0 Å². The zero-order valence-corrected chi connectivity index (χ0v) is 19.4. The fourth-order valence-electron chi connectivity index (χ4n) is 4.05. The summed E-state index contributed by atoms with van der Waals surface area (Å²) in [6, 6.07) is 19.7. The molecule has 0 unspecified atom stereocenters. The van der Waals surface area contributed by atoms with Crippen LogP contribution in [0.25, 0.3) is 0 Å². The molecule has 0 heterocycles. The molecule has 1 aliphatic carbocycles. The summed E-state index contributed by atoms with van der Waals surface area (Å²) in [5, 5.41) is 3.04. The second-order valence-electron chi connectivity index (χ2n) is 8.41. The molecular formula is C26H28N2O3S. The van der Waals surface area contributed by atoms with E-state index in [2.05, 4.69) is 23.5 Å². The maximum absolute atomic E-state index is 12.9. The van der Waals surface area contributed by atoms with Crippen molar-refractivity contribution in [1.82, 2.24) is 5.32 Å². The SMILES string of the molecule is Cc1ccc(S(=O)(=O)N(C)c2ccc(C(=O)N[C@@H](C)c3ccc4c(c3)CCC4)cc2)cc1. The molecule has 1 atom stereocenters. The molecule has 1 N–H and O–H groups in total. The van der Waals surface area contributed by atoms with Crippen LogP contribution in [-0.4, -0.2) is 21.4 Å². The molecule has 3 aromatic rings. The highest BCUT2D eigenvalue weighted by Gasteiger charge is 2.22. The minimum absolute atomic E-state index is 0.113. The zero-order chi connectivity index (χ0) is 22.9. The van der Waals surface area contributed by atoms with Crippen molar-refractivity contribution in [2.75, 3.05) is 11.4 Å². The molecular weight excluding hydrogens is 420 g/mol. The number of aryl methyl sites for hydroxylation is 3. The smallest absolute Gasteiger partial charge is 0.264 e. The van der Waals surface area contributed by atoms with Gasteiger partial charge in [0.25, 0.3) is 15.9 Å². The second kappa shape index (κ2) is 8.79. The van der Waals surface area contributed by atoms with Crippen LogP contribution >= 0.6 is 0 Å². The number of hydrogen-bond donors (Lipinski definition) is 1. The number of fused-ring (bicyclic) bond motifs is 1. The molecule has 0 spiro atoms.